The van der Waals surface area contributed by atoms with E-state index in [1.54, 1.807) is 12.3 Å². The largest absolute Gasteiger partial charge is 0.458 e. The van der Waals surface area contributed by atoms with E-state index >= 15 is 0 Å². The van der Waals surface area contributed by atoms with Crippen molar-refractivity contribution in [3.8, 4) is 11.5 Å². The number of aromatic amines is 1. The van der Waals surface area contributed by atoms with Crippen molar-refractivity contribution in [3.63, 3.8) is 0 Å². The molecule has 0 amide bonds. The van der Waals surface area contributed by atoms with Gasteiger partial charge in [0.15, 0.2) is 5.76 Å². The van der Waals surface area contributed by atoms with Gasteiger partial charge in [0.1, 0.15) is 16.3 Å². The number of hydrogen-bond acceptors (Lipinski definition) is 4. The van der Waals surface area contributed by atoms with Crippen LogP contribution in [0.4, 0.5) is 0 Å². The number of nitrogens with one attached hydrogen (secondary N) is 1. The predicted octanol–water partition coefficient (Wildman–Crippen LogP) is 1.91. The van der Waals surface area contributed by atoms with E-state index in [-0.39, 0.29) is 10.7 Å². The van der Waals surface area contributed by atoms with E-state index in [0.717, 1.165) is 0 Å². The molecule has 0 bridgehead atoms. The molecule has 2 aromatic heterocycles. The van der Waals surface area contributed by atoms with Crippen LogP contribution in [0, 0.1) is 6.92 Å². The summed E-state index contributed by atoms with van der Waals surface area (Å²) in [7, 11) is 1.47. The van der Waals surface area contributed by atoms with Crippen LogP contribution in [0.5, 0.6) is 0 Å². The second kappa shape index (κ2) is 3.39. The molecular weight excluding hydrogens is 240 g/mol. The Labute approximate surface area is 90.5 Å². The average Bonchev–Trinajstić information content (AvgIpc) is 2.68. The number of hydrogen-bond donors (Lipinski definition) is 1. The van der Waals surface area contributed by atoms with Gasteiger partial charge in [-0.05, 0) is 13.0 Å². The first kappa shape index (κ1) is 10.3. The zero-order chi connectivity index (χ0) is 11.1. The molecule has 0 saturated carbocycles. The van der Waals surface area contributed by atoms with Crippen LogP contribution in [0.3, 0.4) is 0 Å². The minimum atomic E-state index is -3.76. The Morgan fingerprint density at radius 2 is 2.27 bits per heavy atom. The van der Waals surface area contributed by atoms with E-state index in [0.29, 0.717) is 11.5 Å². The molecule has 0 fully saturated rings. The summed E-state index contributed by atoms with van der Waals surface area (Å²) in [5.41, 5.74) is 0.602. The molecule has 0 aliphatic carbocycles. The minimum absolute atomic E-state index is 0.0197. The summed E-state index contributed by atoms with van der Waals surface area (Å²) in [6.45, 7) is 1.54. The van der Waals surface area contributed by atoms with Gasteiger partial charge in [0.25, 0.3) is 9.05 Å². The van der Waals surface area contributed by atoms with Crippen LogP contribution in [0.2, 0.25) is 0 Å². The lowest BCUT2D eigenvalue weighted by atomic mass is 10.3. The number of H-pyrrole nitrogens is 1. The number of nitrogens with zero attached hydrogens (tertiary/aromatic N) is 1. The number of aromatic nitrogens is 2. The summed E-state index contributed by atoms with van der Waals surface area (Å²) in [5.74, 6) is 0.652. The van der Waals surface area contributed by atoms with Crippen LogP contribution in [0.1, 0.15) is 5.76 Å². The summed E-state index contributed by atoms with van der Waals surface area (Å²) in [5, 5.41) is 6.40. The Morgan fingerprint density at radius 3 is 2.73 bits per heavy atom. The Hall–Kier alpha value is -1.27. The topological polar surface area (TPSA) is 76.0 Å². The highest BCUT2D eigenvalue weighted by Gasteiger charge is 2.19. The molecule has 0 spiro atoms. The summed E-state index contributed by atoms with van der Waals surface area (Å²) >= 11 is 0. The molecule has 0 unspecified atom stereocenters. The first-order valence-electron chi connectivity index (χ1n) is 4.03. The minimum Gasteiger partial charge on any atom is -0.458 e. The Balaban J connectivity index is 2.56. The fourth-order valence-electron chi connectivity index (χ4n) is 1.23. The molecule has 15 heavy (non-hydrogen) atoms. The van der Waals surface area contributed by atoms with Crippen LogP contribution in [0.25, 0.3) is 11.5 Å². The highest BCUT2D eigenvalue weighted by atomic mass is 35.7. The van der Waals surface area contributed by atoms with Crippen molar-refractivity contribution in [2.24, 2.45) is 0 Å². The van der Waals surface area contributed by atoms with Gasteiger partial charge in [-0.1, -0.05) is 0 Å². The van der Waals surface area contributed by atoms with Crippen LogP contribution in [-0.4, -0.2) is 18.6 Å². The lowest BCUT2D eigenvalue weighted by Gasteiger charge is -1.88. The van der Waals surface area contributed by atoms with Crippen molar-refractivity contribution in [1.82, 2.24) is 10.2 Å². The molecule has 1 N–H and O–H groups in total. The molecule has 2 aromatic rings. The Bertz CT molecular complexity index is 571. The monoisotopic (exact) mass is 246 g/mol. The van der Waals surface area contributed by atoms with E-state index in [1.165, 1.54) is 13.0 Å². The maximum atomic E-state index is 11.1. The maximum absolute atomic E-state index is 11.1. The molecule has 0 atom stereocenters. The summed E-state index contributed by atoms with van der Waals surface area (Å²) in [6, 6.07) is 3.04. The van der Waals surface area contributed by atoms with Crippen molar-refractivity contribution in [3.05, 3.63) is 24.1 Å². The van der Waals surface area contributed by atoms with Gasteiger partial charge in [-0.25, -0.2) is 8.42 Å². The Morgan fingerprint density at radius 1 is 1.53 bits per heavy atom. The van der Waals surface area contributed by atoms with Gasteiger partial charge in [-0.3, -0.25) is 5.10 Å². The number of halogens is 1. The third-order valence-electron chi connectivity index (χ3n) is 1.90. The first-order valence-corrected chi connectivity index (χ1v) is 6.34. The lowest BCUT2D eigenvalue weighted by molar-refractivity contribution is 0.534. The third kappa shape index (κ3) is 1.91. The molecule has 0 radical (unpaired) electrons. The van der Waals surface area contributed by atoms with E-state index in [4.69, 9.17) is 15.1 Å². The normalized spacial score (nSPS) is 11.9. The molecule has 80 valence electrons. The zero-order valence-electron chi connectivity index (χ0n) is 7.69. The van der Waals surface area contributed by atoms with Crippen LogP contribution < -0.4 is 0 Å². The smallest absolute Gasteiger partial charge is 0.264 e. The van der Waals surface area contributed by atoms with E-state index in [9.17, 15) is 8.42 Å². The molecule has 2 rings (SSSR count). The van der Waals surface area contributed by atoms with Gasteiger partial charge >= 0.3 is 0 Å². The van der Waals surface area contributed by atoms with Crippen molar-refractivity contribution >= 4 is 19.7 Å². The van der Waals surface area contributed by atoms with Gasteiger partial charge < -0.3 is 4.42 Å². The fraction of sp³-hybridized carbons (Fsp3) is 0.125. The van der Waals surface area contributed by atoms with E-state index < -0.39 is 9.05 Å². The number of furan rings is 1. The van der Waals surface area contributed by atoms with Gasteiger partial charge in [0.2, 0.25) is 0 Å². The van der Waals surface area contributed by atoms with E-state index in [2.05, 4.69) is 10.2 Å². The maximum Gasteiger partial charge on any atom is 0.264 e. The molecule has 0 aliphatic rings. The SMILES string of the molecule is Cc1oc(-c2ccn[nH]2)cc1S(=O)(=O)Cl. The van der Waals surface area contributed by atoms with Crippen LogP contribution in [0.15, 0.2) is 27.6 Å². The third-order valence-corrected chi connectivity index (χ3v) is 3.33. The van der Waals surface area contributed by atoms with Gasteiger partial charge in [-0.2, -0.15) is 5.10 Å². The van der Waals surface area contributed by atoms with Gasteiger partial charge in [0, 0.05) is 22.9 Å². The van der Waals surface area contributed by atoms with Crippen molar-refractivity contribution in [2.75, 3.05) is 0 Å². The molecule has 5 nitrogen and oxygen atoms in total. The van der Waals surface area contributed by atoms with Crippen LogP contribution >= 0.6 is 10.7 Å². The molecule has 7 heteroatoms. The van der Waals surface area contributed by atoms with Crippen LogP contribution in [-0.2, 0) is 9.05 Å². The van der Waals surface area contributed by atoms with Crippen molar-refractivity contribution in [1.29, 1.82) is 0 Å². The Kier molecular flexibility index (Phi) is 2.32. The summed E-state index contributed by atoms with van der Waals surface area (Å²) in [4.78, 5) is -0.0197. The highest BCUT2D eigenvalue weighted by Crippen LogP contribution is 2.28. The second-order valence-electron chi connectivity index (χ2n) is 2.94. The van der Waals surface area contributed by atoms with Gasteiger partial charge in [0.05, 0.1) is 0 Å². The quantitative estimate of drug-likeness (QED) is 0.822. The van der Waals surface area contributed by atoms with Crippen molar-refractivity contribution in [2.45, 2.75) is 11.8 Å². The molecule has 0 aromatic carbocycles. The zero-order valence-corrected chi connectivity index (χ0v) is 9.26. The van der Waals surface area contributed by atoms with Crippen molar-refractivity contribution < 1.29 is 12.8 Å². The molecular formula is C8H7ClN2O3S. The first-order chi connectivity index (χ1) is 6.98. The molecule has 2 heterocycles. The predicted molar refractivity (Wildman–Crippen MR) is 54.1 cm³/mol. The fourth-order valence-corrected chi connectivity index (χ4v) is 2.33. The average molecular weight is 247 g/mol. The summed E-state index contributed by atoms with van der Waals surface area (Å²) < 4.78 is 27.5. The highest BCUT2D eigenvalue weighted by molar-refractivity contribution is 8.13. The lowest BCUT2D eigenvalue weighted by Crippen LogP contribution is -1.89. The second-order valence-corrected chi connectivity index (χ2v) is 5.47. The van der Waals surface area contributed by atoms with E-state index in [1.807, 2.05) is 0 Å². The number of rotatable bonds is 2. The molecule has 0 saturated heterocycles. The molecule has 0 aliphatic heterocycles. The summed E-state index contributed by atoms with van der Waals surface area (Å²) in [6.07, 6.45) is 1.54. The standard InChI is InChI=1S/C8H7ClN2O3S/c1-5-8(15(9,12)13)4-7(14-5)6-2-3-10-11-6/h2-4H,1H3,(H,10,11). The van der Waals surface area contributed by atoms with Gasteiger partial charge in [-0.15, -0.1) is 0 Å². The number of aryl methyl sites for hydroxylation is 1.